The van der Waals surface area contributed by atoms with Gasteiger partial charge in [-0.2, -0.15) is 0 Å². The summed E-state index contributed by atoms with van der Waals surface area (Å²) in [6.07, 6.45) is 2.27. The molecule has 2 aromatic rings. The quantitative estimate of drug-likeness (QED) is 0.740. The molecule has 1 amide bonds. The summed E-state index contributed by atoms with van der Waals surface area (Å²) in [6, 6.07) is 10.7. The Labute approximate surface area is 173 Å². The number of hydrogen-bond donors (Lipinski definition) is 2. The minimum atomic E-state index is -0.320. The van der Waals surface area contributed by atoms with Gasteiger partial charge in [0.1, 0.15) is 13.2 Å². The Balaban J connectivity index is 1.46. The van der Waals surface area contributed by atoms with Crippen LogP contribution >= 0.6 is 23.8 Å². The first-order chi connectivity index (χ1) is 13.6. The third-order valence-corrected chi connectivity index (χ3v) is 5.20. The van der Waals surface area contributed by atoms with E-state index in [0.717, 1.165) is 37.3 Å². The number of halogens is 1. The fourth-order valence-electron chi connectivity index (χ4n) is 3.39. The molecule has 0 bridgehead atoms. The average Bonchev–Trinajstić information content (AvgIpc) is 3.22. The van der Waals surface area contributed by atoms with E-state index in [4.69, 9.17) is 33.3 Å². The number of anilines is 2. The van der Waals surface area contributed by atoms with Gasteiger partial charge in [0.2, 0.25) is 0 Å². The number of nitrogens with zero attached hydrogens (tertiary/aromatic N) is 1. The highest BCUT2D eigenvalue weighted by atomic mass is 35.5. The Morgan fingerprint density at radius 1 is 1.07 bits per heavy atom. The van der Waals surface area contributed by atoms with E-state index in [1.165, 1.54) is 0 Å². The normalized spacial score (nSPS) is 15.2. The molecule has 2 heterocycles. The minimum Gasteiger partial charge on any atom is -0.486 e. The summed E-state index contributed by atoms with van der Waals surface area (Å²) >= 11 is 11.8. The number of rotatable bonds is 3. The van der Waals surface area contributed by atoms with Gasteiger partial charge in [0.25, 0.3) is 5.91 Å². The molecule has 2 aliphatic heterocycles. The van der Waals surface area contributed by atoms with Crippen LogP contribution in [0.5, 0.6) is 11.5 Å². The van der Waals surface area contributed by atoms with Crippen molar-refractivity contribution in [3.05, 3.63) is 47.0 Å². The number of carbonyl (C=O) groups excluding carboxylic acids is 1. The lowest BCUT2D eigenvalue weighted by molar-refractivity contribution is 0.0976. The Bertz CT molecular complexity index is 916. The van der Waals surface area contributed by atoms with Crippen molar-refractivity contribution in [1.82, 2.24) is 5.32 Å². The second kappa shape index (κ2) is 8.24. The first-order valence-electron chi connectivity index (χ1n) is 9.17. The Kier molecular flexibility index (Phi) is 5.54. The molecule has 0 atom stereocenters. The van der Waals surface area contributed by atoms with Crippen LogP contribution in [0.25, 0.3) is 0 Å². The summed E-state index contributed by atoms with van der Waals surface area (Å²) in [5.41, 5.74) is 2.14. The molecule has 8 heteroatoms. The zero-order valence-electron chi connectivity index (χ0n) is 15.2. The van der Waals surface area contributed by atoms with E-state index in [2.05, 4.69) is 15.5 Å². The van der Waals surface area contributed by atoms with E-state index in [1.807, 2.05) is 18.2 Å². The minimum absolute atomic E-state index is 0.211. The molecule has 0 saturated carbocycles. The maximum absolute atomic E-state index is 12.6. The van der Waals surface area contributed by atoms with Crippen LogP contribution in [0.4, 0.5) is 11.4 Å². The van der Waals surface area contributed by atoms with Gasteiger partial charge in [0.05, 0.1) is 16.4 Å². The van der Waals surface area contributed by atoms with E-state index in [1.54, 1.807) is 18.2 Å². The number of ether oxygens (including phenoxy) is 2. The predicted molar refractivity (Wildman–Crippen MR) is 114 cm³/mol. The first-order valence-corrected chi connectivity index (χ1v) is 9.96. The predicted octanol–water partition coefficient (Wildman–Crippen LogP) is 3.84. The molecule has 0 aromatic heterocycles. The van der Waals surface area contributed by atoms with Gasteiger partial charge in [-0.25, -0.2) is 0 Å². The van der Waals surface area contributed by atoms with Gasteiger partial charge in [-0.15, -0.1) is 0 Å². The number of thiocarbonyl (C=S) groups is 1. The maximum Gasteiger partial charge on any atom is 0.257 e. The third-order valence-electron chi connectivity index (χ3n) is 4.69. The number of benzene rings is 2. The highest BCUT2D eigenvalue weighted by molar-refractivity contribution is 7.80. The van der Waals surface area contributed by atoms with Crippen LogP contribution in [0.1, 0.15) is 23.2 Å². The van der Waals surface area contributed by atoms with Crippen LogP contribution in [-0.2, 0) is 0 Å². The molecule has 0 radical (unpaired) electrons. The zero-order valence-corrected chi connectivity index (χ0v) is 16.7. The fraction of sp³-hybridized carbons (Fsp3) is 0.300. The Morgan fingerprint density at radius 2 is 1.82 bits per heavy atom. The van der Waals surface area contributed by atoms with Gasteiger partial charge >= 0.3 is 0 Å². The van der Waals surface area contributed by atoms with Crippen molar-refractivity contribution in [2.45, 2.75) is 12.8 Å². The number of fused-ring (bicyclic) bond motifs is 1. The number of para-hydroxylation sites is 1. The summed E-state index contributed by atoms with van der Waals surface area (Å²) in [5, 5.41) is 6.69. The van der Waals surface area contributed by atoms with Gasteiger partial charge in [0.15, 0.2) is 16.6 Å². The molecule has 0 spiro atoms. The summed E-state index contributed by atoms with van der Waals surface area (Å²) in [7, 11) is 0. The van der Waals surface area contributed by atoms with E-state index in [0.29, 0.717) is 35.3 Å². The molecule has 6 nitrogen and oxygen atoms in total. The molecule has 28 heavy (non-hydrogen) atoms. The molecular weight excluding hydrogens is 398 g/mol. The molecule has 1 fully saturated rings. The second-order valence-electron chi connectivity index (χ2n) is 6.60. The lowest BCUT2D eigenvalue weighted by Crippen LogP contribution is -2.34. The molecule has 2 aliphatic rings. The van der Waals surface area contributed by atoms with E-state index >= 15 is 0 Å². The van der Waals surface area contributed by atoms with Gasteiger partial charge < -0.3 is 19.7 Å². The van der Waals surface area contributed by atoms with Crippen LogP contribution in [-0.4, -0.2) is 37.3 Å². The fourth-order valence-corrected chi connectivity index (χ4v) is 3.89. The average molecular weight is 418 g/mol. The molecular formula is C20H20ClN3O3S. The summed E-state index contributed by atoms with van der Waals surface area (Å²) < 4.78 is 11.0. The summed E-state index contributed by atoms with van der Waals surface area (Å²) in [4.78, 5) is 14.8. The Hall–Kier alpha value is -2.51. The van der Waals surface area contributed by atoms with E-state index in [-0.39, 0.29) is 11.0 Å². The van der Waals surface area contributed by atoms with Crippen molar-refractivity contribution in [2.75, 3.05) is 36.5 Å². The molecule has 0 unspecified atom stereocenters. The summed E-state index contributed by atoms with van der Waals surface area (Å²) in [5.74, 6) is 0.876. The van der Waals surface area contributed by atoms with Crippen LogP contribution in [0.2, 0.25) is 5.02 Å². The molecule has 4 rings (SSSR count). The second-order valence-corrected chi connectivity index (χ2v) is 7.41. The van der Waals surface area contributed by atoms with Gasteiger partial charge in [-0.1, -0.05) is 17.7 Å². The molecule has 146 valence electrons. The van der Waals surface area contributed by atoms with Crippen LogP contribution < -0.4 is 25.0 Å². The van der Waals surface area contributed by atoms with E-state index in [9.17, 15) is 4.79 Å². The topological polar surface area (TPSA) is 62.8 Å². The zero-order chi connectivity index (χ0) is 19.5. The molecule has 1 saturated heterocycles. The Morgan fingerprint density at radius 3 is 2.61 bits per heavy atom. The number of nitrogens with one attached hydrogen (secondary N) is 2. The van der Waals surface area contributed by atoms with Crippen molar-refractivity contribution >= 4 is 46.2 Å². The first kappa shape index (κ1) is 18.8. The van der Waals surface area contributed by atoms with Crippen molar-refractivity contribution in [2.24, 2.45) is 0 Å². The van der Waals surface area contributed by atoms with Gasteiger partial charge in [-0.05, 0) is 55.4 Å². The monoisotopic (exact) mass is 417 g/mol. The smallest absolute Gasteiger partial charge is 0.257 e. The van der Waals surface area contributed by atoms with Crippen molar-refractivity contribution in [3.63, 3.8) is 0 Å². The SMILES string of the molecule is O=C(NC(=S)Nc1cccc(Cl)c1N1CCCC1)c1ccc2c(c1)OCCO2. The molecule has 2 N–H and O–H groups in total. The van der Waals surface area contributed by atoms with Crippen molar-refractivity contribution in [1.29, 1.82) is 0 Å². The lowest BCUT2D eigenvalue weighted by Gasteiger charge is -2.23. The maximum atomic E-state index is 12.6. The van der Waals surface area contributed by atoms with Gasteiger partial charge in [-0.3, -0.25) is 10.1 Å². The van der Waals surface area contributed by atoms with Crippen molar-refractivity contribution < 1.29 is 14.3 Å². The largest absolute Gasteiger partial charge is 0.486 e. The summed E-state index contributed by atoms with van der Waals surface area (Å²) in [6.45, 7) is 2.88. The number of hydrogen-bond acceptors (Lipinski definition) is 5. The van der Waals surface area contributed by atoms with E-state index < -0.39 is 0 Å². The number of amides is 1. The highest BCUT2D eigenvalue weighted by Crippen LogP contribution is 2.36. The third kappa shape index (κ3) is 4.00. The van der Waals surface area contributed by atoms with Crippen molar-refractivity contribution in [3.8, 4) is 11.5 Å². The van der Waals surface area contributed by atoms with Gasteiger partial charge in [0, 0.05) is 18.7 Å². The van der Waals surface area contributed by atoms with Crippen LogP contribution in [0, 0.1) is 0 Å². The van der Waals surface area contributed by atoms with Crippen LogP contribution in [0.3, 0.4) is 0 Å². The van der Waals surface area contributed by atoms with Crippen LogP contribution in [0.15, 0.2) is 36.4 Å². The molecule has 2 aromatic carbocycles. The standard InChI is InChI=1S/C20H20ClN3O3S/c21-14-4-3-5-15(18(14)24-8-1-2-9-24)22-20(28)23-19(25)13-6-7-16-17(12-13)27-11-10-26-16/h3-7,12H,1-2,8-11H2,(H2,22,23,25,28). The lowest BCUT2D eigenvalue weighted by atomic mass is 10.2. The molecule has 0 aliphatic carbocycles. The number of carbonyl (C=O) groups is 1. The highest BCUT2D eigenvalue weighted by Gasteiger charge is 2.20.